The summed E-state index contributed by atoms with van der Waals surface area (Å²) in [7, 11) is 4.72. The smallest absolute Gasteiger partial charge is 0.0319 e. The second-order valence-electron chi connectivity index (χ2n) is 1.23. The molecule has 1 rings (SSSR count). The second-order valence-corrected chi connectivity index (χ2v) is 3.78. The van der Waals surface area contributed by atoms with Crippen molar-refractivity contribution in [3.8, 4) is 0 Å². The maximum atomic E-state index is 7.00. The molecule has 0 fully saturated rings. The van der Waals surface area contributed by atoms with Crippen molar-refractivity contribution in [3.05, 3.63) is 11.5 Å². The van der Waals surface area contributed by atoms with E-state index in [1.165, 1.54) is 0 Å². The maximum Gasteiger partial charge on any atom is 0.0319 e. The summed E-state index contributed by atoms with van der Waals surface area (Å²) >= 11 is 0. The van der Waals surface area contributed by atoms with Gasteiger partial charge in [0.05, 0.1) is 0 Å². The Hall–Kier alpha value is 0.400. The molecule has 0 radical (unpaired) electrons. The predicted molar refractivity (Wildman–Crippen MR) is 41.9 cm³/mol. The lowest BCUT2D eigenvalue weighted by molar-refractivity contribution is 0.399. The van der Waals surface area contributed by atoms with Crippen molar-refractivity contribution in [3.63, 3.8) is 0 Å². The van der Waals surface area contributed by atoms with Gasteiger partial charge < -0.3 is 5.11 Å². The highest BCUT2D eigenvalue weighted by molar-refractivity contribution is 8.78. The Bertz CT molecular complexity index is 72.8. The van der Waals surface area contributed by atoms with E-state index < -0.39 is 0 Å². The zero-order valence-electron chi connectivity index (χ0n) is 5.00. The van der Waals surface area contributed by atoms with Crippen LogP contribution in [0.2, 0.25) is 0 Å². The van der Waals surface area contributed by atoms with Crippen LogP contribution in [0.5, 0.6) is 0 Å². The quantitative estimate of drug-likeness (QED) is 0.532. The Kier molecular flexibility index (Phi) is 5.81. The molecular weight excluding hydrogens is 140 g/mol. The second kappa shape index (κ2) is 5.54. The van der Waals surface area contributed by atoms with Crippen molar-refractivity contribution in [2.45, 2.75) is 12.2 Å². The Morgan fingerprint density at radius 2 is 2.12 bits per heavy atom. The number of hydrogen-bond donors (Lipinski definition) is 1. The number of aliphatic hydroxyl groups is 1. The molecule has 1 N–H and O–H groups in total. The molecule has 0 amide bonds. The van der Waals surface area contributed by atoms with Crippen molar-refractivity contribution in [1.29, 1.82) is 0 Å². The van der Waals surface area contributed by atoms with E-state index in [1.807, 2.05) is 21.6 Å². The number of hydrogen-bond acceptors (Lipinski definition) is 3. The molecule has 0 bridgehead atoms. The Labute approximate surface area is 57.9 Å². The molecule has 0 spiro atoms. The summed E-state index contributed by atoms with van der Waals surface area (Å²) in [5.74, 6) is 0. The van der Waals surface area contributed by atoms with Crippen molar-refractivity contribution in [2.24, 2.45) is 0 Å². The minimum absolute atomic E-state index is 0.745. The van der Waals surface area contributed by atoms with Gasteiger partial charge in [0.15, 0.2) is 0 Å². The van der Waals surface area contributed by atoms with E-state index in [9.17, 15) is 0 Å². The normalized spacial score (nSPS) is 24.6. The molecule has 1 aliphatic rings. The van der Waals surface area contributed by atoms with Crippen LogP contribution in [0.3, 0.4) is 0 Å². The first-order valence-electron chi connectivity index (χ1n) is 2.33. The average Bonchev–Trinajstić information content (AvgIpc) is 2.24. The predicted octanol–water partition coefficient (Wildman–Crippen LogP) is 1.89. The van der Waals surface area contributed by atoms with Gasteiger partial charge in [0.25, 0.3) is 0 Å². The van der Waals surface area contributed by atoms with E-state index in [1.54, 1.807) is 0 Å². The van der Waals surface area contributed by atoms with Crippen LogP contribution in [0.15, 0.2) is 11.5 Å². The minimum atomic E-state index is 0.745. The molecule has 0 aromatic carbocycles. The maximum absolute atomic E-state index is 7.00. The summed E-state index contributed by atoms with van der Waals surface area (Å²) in [4.78, 5) is 0. The van der Waals surface area contributed by atoms with Crippen molar-refractivity contribution in [1.82, 2.24) is 0 Å². The highest BCUT2D eigenvalue weighted by atomic mass is 33.1. The fourth-order valence-corrected chi connectivity index (χ4v) is 2.18. The van der Waals surface area contributed by atoms with Crippen LogP contribution >= 0.6 is 21.6 Å². The van der Waals surface area contributed by atoms with Crippen molar-refractivity contribution >= 4 is 21.6 Å². The first kappa shape index (κ1) is 8.40. The number of aliphatic hydroxyl groups excluding tert-OH is 1. The van der Waals surface area contributed by atoms with E-state index in [-0.39, 0.29) is 0 Å². The SMILES string of the molecule is CC1C=CSS1.CO. The van der Waals surface area contributed by atoms with Gasteiger partial charge in [0, 0.05) is 12.4 Å². The van der Waals surface area contributed by atoms with Gasteiger partial charge in [-0.3, -0.25) is 0 Å². The van der Waals surface area contributed by atoms with Gasteiger partial charge in [0.2, 0.25) is 0 Å². The van der Waals surface area contributed by atoms with Crippen molar-refractivity contribution < 1.29 is 5.11 Å². The summed E-state index contributed by atoms with van der Waals surface area (Å²) in [6, 6.07) is 0. The van der Waals surface area contributed by atoms with Gasteiger partial charge in [-0.15, -0.1) is 0 Å². The lowest BCUT2D eigenvalue weighted by Crippen LogP contribution is -1.77. The zero-order chi connectivity index (χ0) is 6.41. The van der Waals surface area contributed by atoms with Crippen molar-refractivity contribution in [2.75, 3.05) is 7.11 Å². The minimum Gasteiger partial charge on any atom is -0.400 e. The third-order valence-electron chi connectivity index (χ3n) is 0.612. The van der Waals surface area contributed by atoms with Crippen LogP contribution in [0.1, 0.15) is 6.92 Å². The number of rotatable bonds is 0. The molecule has 48 valence electrons. The topological polar surface area (TPSA) is 20.2 Å². The van der Waals surface area contributed by atoms with Crippen LogP contribution in [0.4, 0.5) is 0 Å². The van der Waals surface area contributed by atoms with Crippen LogP contribution in [0, 0.1) is 0 Å². The summed E-state index contributed by atoms with van der Waals surface area (Å²) in [6.45, 7) is 2.20. The average molecular weight is 150 g/mol. The van der Waals surface area contributed by atoms with E-state index in [0.29, 0.717) is 0 Å². The highest BCUT2D eigenvalue weighted by Gasteiger charge is 2.00. The fraction of sp³-hybridized carbons (Fsp3) is 0.600. The Morgan fingerprint density at radius 1 is 1.50 bits per heavy atom. The standard InChI is InChI=1S/C4H6S2.CH4O/c1-4-2-3-5-6-4;1-2/h2-4H,1H3;2H,1H3. The summed E-state index contributed by atoms with van der Waals surface area (Å²) in [5.41, 5.74) is 0. The lowest BCUT2D eigenvalue weighted by Gasteiger charge is -1.88. The van der Waals surface area contributed by atoms with Gasteiger partial charge in [0.1, 0.15) is 0 Å². The van der Waals surface area contributed by atoms with Crippen LogP contribution in [-0.4, -0.2) is 17.5 Å². The molecule has 0 saturated carbocycles. The van der Waals surface area contributed by atoms with Crippen LogP contribution in [-0.2, 0) is 0 Å². The van der Waals surface area contributed by atoms with Gasteiger partial charge in [-0.25, -0.2) is 0 Å². The summed E-state index contributed by atoms with van der Waals surface area (Å²) < 4.78 is 0. The van der Waals surface area contributed by atoms with Gasteiger partial charge >= 0.3 is 0 Å². The Balaban J connectivity index is 0.000000222. The summed E-state index contributed by atoms with van der Waals surface area (Å²) in [5, 5.41) is 9.88. The molecule has 1 nitrogen and oxygen atoms in total. The van der Waals surface area contributed by atoms with Crippen LogP contribution in [0.25, 0.3) is 0 Å². The molecule has 1 aliphatic heterocycles. The van der Waals surface area contributed by atoms with Gasteiger partial charge in [-0.05, 0) is 12.3 Å². The van der Waals surface area contributed by atoms with E-state index in [4.69, 9.17) is 5.11 Å². The zero-order valence-corrected chi connectivity index (χ0v) is 6.63. The third-order valence-corrected chi connectivity index (χ3v) is 3.03. The Morgan fingerprint density at radius 3 is 2.25 bits per heavy atom. The van der Waals surface area contributed by atoms with Gasteiger partial charge in [-0.2, -0.15) is 0 Å². The molecule has 1 heterocycles. The summed E-state index contributed by atoms with van der Waals surface area (Å²) in [6.07, 6.45) is 2.20. The molecule has 3 heteroatoms. The largest absolute Gasteiger partial charge is 0.400 e. The molecular formula is C5H10OS2. The highest BCUT2D eigenvalue weighted by Crippen LogP contribution is 2.34. The van der Waals surface area contributed by atoms with E-state index in [2.05, 4.69) is 18.4 Å². The molecule has 8 heavy (non-hydrogen) atoms. The van der Waals surface area contributed by atoms with E-state index in [0.717, 1.165) is 12.4 Å². The molecule has 0 saturated heterocycles. The lowest BCUT2D eigenvalue weighted by atomic mass is 10.5. The molecule has 0 aliphatic carbocycles. The first-order chi connectivity index (χ1) is 3.89. The van der Waals surface area contributed by atoms with E-state index >= 15 is 0 Å². The van der Waals surface area contributed by atoms with Crippen LogP contribution < -0.4 is 0 Å². The first-order valence-corrected chi connectivity index (χ1v) is 4.61. The molecule has 0 aromatic rings. The molecule has 1 atom stereocenters. The van der Waals surface area contributed by atoms with Gasteiger partial charge in [-0.1, -0.05) is 27.7 Å². The fourth-order valence-electron chi connectivity index (χ4n) is 0.294. The third kappa shape index (κ3) is 3.41. The molecule has 0 aromatic heterocycles. The molecule has 1 unspecified atom stereocenters. The monoisotopic (exact) mass is 150 g/mol.